The first kappa shape index (κ1) is 8.12. The first-order valence-electron chi connectivity index (χ1n) is 4.11. The highest BCUT2D eigenvalue weighted by Gasteiger charge is 1.92. The van der Waals surface area contributed by atoms with Crippen molar-refractivity contribution in [3.05, 3.63) is 35.6 Å². The third kappa shape index (κ3) is 2.62. The van der Waals surface area contributed by atoms with E-state index in [1.807, 2.05) is 0 Å². The van der Waals surface area contributed by atoms with Crippen LogP contribution in [-0.2, 0) is 0 Å². The first-order chi connectivity index (χ1) is 5.33. The van der Waals surface area contributed by atoms with Crippen LogP contribution in [0.2, 0.25) is 0 Å². The lowest BCUT2D eigenvalue weighted by Crippen LogP contribution is -2.09. The monoisotopic (exact) mass is 149 g/mol. The predicted molar refractivity (Wildman–Crippen MR) is 49.3 cm³/mol. The molecule has 1 N–H and O–H groups in total. The van der Waals surface area contributed by atoms with E-state index in [0.29, 0.717) is 0 Å². The molecule has 0 atom stereocenters. The predicted octanol–water partition coefficient (Wildman–Crippen LogP) is 2.39. The van der Waals surface area contributed by atoms with Crippen LogP contribution in [0.3, 0.4) is 0 Å². The van der Waals surface area contributed by atoms with Gasteiger partial charge in [0.2, 0.25) is 0 Å². The number of rotatable bonds is 2. The summed E-state index contributed by atoms with van der Waals surface area (Å²) in [6.07, 6.45) is 9.69. The SMILES string of the molecule is CCNC1=CC=C(C)CC=C1. The molecule has 0 aromatic heterocycles. The molecule has 0 fully saturated rings. The van der Waals surface area contributed by atoms with Crippen LogP contribution in [0.5, 0.6) is 0 Å². The molecule has 0 bridgehead atoms. The molecule has 60 valence electrons. The van der Waals surface area contributed by atoms with Gasteiger partial charge in [0, 0.05) is 12.2 Å². The van der Waals surface area contributed by atoms with E-state index in [9.17, 15) is 0 Å². The average Bonchev–Trinajstić information content (AvgIpc) is 2.17. The minimum atomic E-state index is 0.989. The Hall–Kier alpha value is -0.980. The first-order valence-corrected chi connectivity index (χ1v) is 4.11. The zero-order valence-electron chi connectivity index (χ0n) is 7.22. The summed E-state index contributed by atoms with van der Waals surface area (Å²) in [4.78, 5) is 0. The van der Waals surface area contributed by atoms with E-state index in [2.05, 4.69) is 43.5 Å². The summed E-state index contributed by atoms with van der Waals surface area (Å²) >= 11 is 0. The largest absolute Gasteiger partial charge is 0.385 e. The summed E-state index contributed by atoms with van der Waals surface area (Å²) in [6.45, 7) is 5.24. The van der Waals surface area contributed by atoms with E-state index < -0.39 is 0 Å². The van der Waals surface area contributed by atoms with E-state index in [1.165, 1.54) is 11.3 Å². The van der Waals surface area contributed by atoms with E-state index in [1.54, 1.807) is 0 Å². The van der Waals surface area contributed by atoms with Crippen molar-refractivity contribution in [2.24, 2.45) is 0 Å². The molecule has 0 aromatic carbocycles. The zero-order valence-corrected chi connectivity index (χ0v) is 7.22. The summed E-state index contributed by atoms with van der Waals surface area (Å²) in [5, 5.41) is 3.27. The quantitative estimate of drug-likeness (QED) is 0.635. The molecule has 0 saturated heterocycles. The zero-order chi connectivity index (χ0) is 8.10. The number of nitrogens with one attached hydrogen (secondary N) is 1. The van der Waals surface area contributed by atoms with Crippen molar-refractivity contribution in [2.75, 3.05) is 6.54 Å². The van der Waals surface area contributed by atoms with Gasteiger partial charge in [0.1, 0.15) is 0 Å². The minimum absolute atomic E-state index is 0.989. The second kappa shape index (κ2) is 4.02. The summed E-state index contributed by atoms with van der Waals surface area (Å²) in [5.41, 5.74) is 2.62. The van der Waals surface area contributed by atoms with Gasteiger partial charge in [-0.05, 0) is 32.4 Å². The third-order valence-electron chi connectivity index (χ3n) is 1.67. The molecule has 11 heavy (non-hydrogen) atoms. The lowest BCUT2D eigenvalue weighted by Gasteiger charge is -2.00. The Bertz CT molecular complexity index is 209. The Morgan fingerprint density at radius 3 is 3.00 bits per heavy atom. The lowest BCUT2D eigenvalue weighted by atomic mass is 10.2. The molecule has 0 aliphatic heterocycles. The van der Waals surface area contributed by atoms with Gasteiger partial charge in [-0.1, -0.05) is 17.7 Å². The van der Waals surface area contributed by atoms with Crippen LogP contribution in [-0.4, -0.2) is 6.54 Å². The Labute approximate surface area is 68.5 Å². The van der Waals surface area contributed by atoms with Gasteiger partial charge in [-0.3, -0.25) is 0 Å². The smallest absolute Gasteiger partial charge is 0.0336 e. The van der Waals surface area contributed by atoms with Crippen LogP contribution in [0.25, 0.3) is 0 Å². The number of allylic oxidation sites excluding steroid dienone is 5. The average molecular weight is 149 g/mol. The third-order valence-corrected chi connectivity index (χ3v) is 1.67. The summed E-state index contributed by atoms with van der Waals surface area (Å²) < 4.78 is 0. The Balaban J connectivity index is 2.64. The minimum Gasteiger partial charge on any atom is -0.385 e. The molecule has 0 saturated carbocycles. The van der Waals surface area contributed by atoms with Crippen molar-refractivity contribution in [3.63, 3.8) is 0 Å². The molecule has 1 aliphatic carbocycles. The fourth-order valence-corrected chi connectivity index (χ4v) is 1.05. The van der Waals surface area contributed by atoms with Gasteiger partial charge in [-0.2, -0.15) is 0 Å². The van der Waals surface area contributed by atoms with Gasteiger partial charge < -0.3 is 5.32 Å². The van der Waals surface area contributed by atoms with Gasteiger partial charge in [0.05, 0.1) is 0 Å². The van der Waals surface area contributed by atoms with Gasteiger partial charge in [-0.25, -0.2) is 0 Å². The summed E-state index contributed by atoms with van der Waals surface area (Å²) in [6, 6.07) is 0. The molecule has 0 spiro atoms. The van der Waals surface area contributed by atoms with Crippen molar-refractivity contribution in [2.45, 2.75) is 20.3 Å². The highest BCUT2D eigenvalue weighted by Crippen LogP contribution is 2.08. The van der Waals surface area contributed by atoms with Crippen molar-refractivity contribution in [1.29, 1.82) is 0 Å². The molecule has 0 aromatic rings. The van der Waals surface area contributed by atoms with Crippen molar-refractivity contribution >= 4 is 0 Å². The maximum atomic E-state index is 3.27. The Kier molecular flexibility index (Phi) is 2.96. The van der Waals surface area contributed by atoms with Crippen LogP contribution in [0.4, 0.5) is 0 Å². The van der Waals surface area contributed by atoms with Crippen molar-refractivity contribution < 1.29 is 0 Å². The molecule has 0 unspecified atom stereocenters. The molecule has 1 nitrogen and oxygen atoms in total. The van der Waals surface area contributed by atoms with Crippen molar-refractivity contribution in [3.8, 4) is 0 Å². The molecule has 0 radical (unpaired) electrons. The Morgan fingerprint density at radius 2 is 2.27 bits per heavy atom. The highest BCUT2D eigenvalue weighted by molar-refractivity contribution is 5.28. The molecule has 0 amide bonds. The second-order valence-electron chi connectivity index (χ2n) is 2.77. The lowest BCUT2D eigenvalue weighted by molar-refractivity contribution is 0.879. The van der Waals surface area contributed by atoms with Crippen LogP contribution in [0.15, 0.2) is 35.6 Å². The number of hydrogen-bond acceptors (Lipinski definition) is 1. The fourth-order valence-electron chi connectivity index (χ4n) is 1.05. The molecular weight excluding hydrogens is 134 g/mol. The maximum absolute atomic E-state index is 3.27. The van der Waals surface area contributed by atoms with E-state index in [4.69, 9.17) is 0 Å². The van der Waals surface area contributed by atoms with Crippen molar-refractivity contribution in [1.82, 2.24) is 5.32 Å². The normalized spacial score (nSPS) is 16.9. The maximum Gasteiger partial charge on any atom is 0.0336 e. The van der Waals surface area contributed by atoms with Gasteiger partial charge in [0.25, 0.3) is 0 Å². The number of likely N-dealkylation sites (N-methyl/N-ethyl adjacent to an activating group) is 1. The van der Waals surface area contributed by atoms with Crippen LogP contribution < -0.4 is 5.32 Å². The topological polar surface area (TPSA) is 12.0 Å². The van der Waals surface area contributed by atoms with Crippen LogP contribution in [0, 0.1) is 0 Å². The number of hydrogen-bond donors (Lipinski definition) is 1. The molecule has 1 aliphatic rings. The molecule has 0 heterocycles. The van der Waals surface area contributed by atoms with E-state index in [-0.39, 0.29) is 0 Å². The van der Waals surface area contributed by atoms with Gasteiger partial charge in [-0.15, -0.1) is 0 Å². The summed E-state index contributed by atoms with van der Waals surface area (Å²) in [7, 11) is 0. The van der Waals surface area contributed by atoms with Crippen LogP contribution >= 0.6 is 0 Å². The Morgan fingerprint density at radius 1 is 1.45 bits per heavy atom. The van der Waals surface area contributed by atoms with Crippen LogP contribution in [0.1, 0.15) is 20.3 Å². The fraction of sp³-hybridized carbons (Fsp3) is 0.400. The highest BCUT2D eigenvalue weighted by atomic mass is 14.9. The standard InChI is InChI=1S/C10H15N/c1-3-11-10-6-4-5-9(2)7-8-10/h4,6-8,11H,3,5H2,1-2H3. The molecule has 1 rings (SSSR count). The van der Waals surface area contributed by atoms with Gasteiger partial charge >= 0.3 is 0 Å². The molecular formula is C10H15N. The molecule has 1 heteroatoms. The van der Waals surface area contributed by atoms with E-state index in [0.717, 1.165) is 13.0 Å². The van der Waals surface area contributed by atoms with Gasteiger partial charge in [0.15, 0.2) is 0 Å². The second-order valence-corrected chi connectivity index (χ2v) is 2.77. The summed E-state index contributed by atoms with van der Waals surface area (Å²) in [5.74, 6) is 0. The van der Waals surface area contributed by atoms with E-state index >= 15 is 0 Å².